The molecule has 4 nitrogen and oxygen atoms in total. The number of anilines is 1. The van der Waals surface area contributed by atoms with Crippen molar-refractivity contribution in [3.05, 3.63) is 41.7 Å². The van der Waals surface area contributed by atoms with Crippen LogP contribution in [0.4, 0.5) is 5.95 Å². The van der Waals surface area contributed by atoms with Crippen LogP contribution in [-0.2, 0) is 12.8 Å². The maximum absolute atomic E-state index is 4.27. The van der Waals surface area contributed by atoms with E-state index in [9.17, 15) is 0 Å². The van der Waals surface area contributed by atoms with Crippen LogP contribution in [0, 0.1) is 0 Å². The Morgan fingerprint density at radius 1 is 1.20 bits per heavy atom. The fourth-order valence-electron chi connectivity index (χ4n) is 1.43. The van der Waals surface area contributed by atoms with Gasteiger partial charge in [-0.25, -0.2) is 0 Å². The predicted molar refractivity (Wildman–Crippen MR) is 59.8 cm³/mol. The second-order valence-corrected chi connectivity index (χ2v) is 3.34. The van der Waals surface area contributed by atoms with Gasteiger partial charge in [0.2, 0.25) is 5.95 Å². The van der Waals surface area contributed by atoms with E-state index in [1.54, 1.807) is 0 Å². The summed E-state index contributed by atoms with van der Waals surface area (Å²) in [6.07, 6.45) is 1.87. The van der Waals surface area contributed by atoms with Gasteiger partial charge in [0.1, 0.15) is 5.82 Å². The van der Waals surface area contributed by atoms with Crippen LogP contribution in [0.15, 0.2) is 30.3 Å². The molecule has 0 spiro atoms. The Hall–Kier alpha value is -1.84. The van der Waals surface area contributed by atoms with Crippen molar-refractivity contribution in [1.82, 2.24) is 15.2 Å². The molecule has 0 aliphatic rings. The number of rotatable bonds is 4. The number of aromatic nitrogens is 3. The van der Waals surface area contributed by atoms with E-state index in [-0.39, 0.29) is 0 Å². The molecular weight excluding hydrogens is 188 g/mol. The molecule has 2 N–H and O–H groups in total. The van der Waals surface area contributed by atoms with Crippen molar-refractivity contribution in [2.24, 2.45) is 0 Å². The Labute approximate surface area is 88.8 Å². The molecule has 4 heteroatoms. The summed E-state index contributed by atoms with van der Waals surface area (Å²) in [6, 6.07) is 10.4. The van der Waals surface area contributed by atoms with E-state index in [4.69, 9.17) is 0 Å². The lowest BCUT2D eigenvalue weighted by Crippen LogP contribution is -1.94. The highest BCUT2D eigenvalue weighted by atomic mass is 15.3. The summed E-state index contributed by atoms with van der Waals surface area (Å²) in [4.78, 5) is 4.27. The zero-order chi connectivity index (χ0) is 10.5. The first-order chi connectivity index (χ1) is 7.38. The first-order valence-electron chi connectivity index (χ1n) is 5.01. The van der Waals surface area contributed by atoms with Crippen molar-refractivity contribution >= 4 is 5.95 Å². The quantitative estimate of drug-likeness (QED) is 0.792. The van der Waals surface area contributed by atoms with E-state index in [0.29, 0.717) is 5.95 Å². The van der Waals surface area contributed by atoms with E-state index >= 15 is 0 Å². The Morgan fingerprint density at radius 2 is 2.00 bits per heavy atom. The fraction of sp³-hybridized carbons (Fsp3) is 0.273. The highest BCUT2D eigenvalue weighted by Gasteiger charge is 2.00. The molecule has 2 rings (SSSR count). The minimum atomic E-state index is 0.651. The van der Waals surface area contributed by atoms with Crippen molar-refractivity contribution in [3.63, 3.8) is 0 Å². The maximum Gasteiger partial charge on any atom is 0.241 e. The normalized spacial score (nSPS) is 10.2. The average Bonchev–Trinajstić information content (AvgIpc) is 2.76. The van der Waals surface area contributed by atoms with Crippen LogP contribution in [0.25, 0.3) is 0 Å². The van der Waals surface area contributed by atoms with Gasteiger partial charge in [-0.3, -0.25) is 5.10 Å². The van der Waals surface area contributed by atoms with E-state index in [0.717, 1.165) is 18.7 Å². The molecule has 0 aliphatic heterocycles. The molecule has 1 heterocycles. The molecule has 0 saturated heterocycles. The number of nitrogens with one attached hydrogen (secondary N) is 2. The standard InChI is InChI=1S/C11H14N4/c1-12-11-13-10(14-15-11)8-7-9-5-3-2-4-6-9/h2-6H,7-8H2,1H3,(H2,12,13,14,15). The Bertz CT molecular complexity index is 408. The van der Waals surface area contributed by atoms with Gasteiger partial charge in [-0.1, -0.05) is 30.3 Å². The monoisotopic (exact) mass is 202 g/mol. The SMILES string of the molecule is CNc1n[nH]c(CCc2ccccc2)n1. The van der Waals surface area contributed by atoms with Crippen molar-refractivity contribution in [2.75, 3.05) is 12.4 Å². The summed E-state index contributed by atoms with van der Waals surface area (Å²) in [5.41, 5.74) is 1.32. The predicted octanol–water partition coefficient (Wildman–Crippen LogP) is 1.63. The Morgan fingerprint density at radius 3 is 2.67 bits per heavy atom. The van der Waals surface area contributed by atoms with Crippen LogP contribution in [0.2, 0.25) is 0 Å². The van der Waals surface area contributed by atoms with Crippen LogP contribution in [0.3, 0.4) is 0 Å². The molecule has 15 heavy (non-hydrogen) atoms. The minimum Gasteiger partial charge on any atom is -0.356 e. The van der Waals surface area contributed by atoms with E-state index in [2.05, 4.69) is 44.8 Å². The van der Waals surface area contributed by atoms with Crippen molar-refractivity contribution in [2.45, 2.75) is 12.8 Å². The smallest absolute Gasteiger partial charge is 0.241 e. The van der Waals surface area contributed by atoms with Crippen molar-refractivity contribution in [3.8, 4) is 0 Å². The fourth-order valence-corrected chi connectivity index (χ4v) is 1.43. The number of hydrogen-bond donors (Lipinski definition) is 2. The second kappa shape index (κ2) is 4.59. The topological polar surface area (TPSA) is 53.6 Å². The highest BCUT2D eigenvalue weighted by molar-refractivity contribution is 5.21. The van der Waals surface area contributed by atoms with Gasteiger partial charge >= 0.3 is 0 Å². The largest absolute Gasteiger partial charge is 0.356 e. The van der Waals surface area contributed by atoms with Gasteiger partial charge in [-0.15, -0.1) is 5.10 Å². The molecule has 1 aromatic heterocycles. The molecule has 78 valence electrons. The third-order valence-corrected chi connectivity index (χ3v) is 2.25. The molecule has 1 aromatic carbocycles. The molecule has 0 amide bonds. The number of H-pyrrole nitrogens is 1. The summed E-state index contributed by atoms with van der Waals surface area (Å²) < 4.78 is 0. The van der Waals surface area contributed by atoms with Gasteiger partial charge in [0, 0.05) is 13.5 Å². The summed E-state index contributed by atoms with van der Waals surface area (Å²) in [7, 11) is 1.81. The van der Waals surface area contributed by atoms with Gasteiger partial charge in [0.15, 0.2) is 0 Å². The second-order valence-electron chi connectivity index (χ2n) is 3.34. The maximum atomic E-state index is 4.27. The van der Waals surface area contributed by atoms with Crippen LogP contribution >= 0.6 is 0 Å². The third kappa shape index (κ3) is 2.56. The molecule has 0 bridgehead atoms. The molecule has 0 saturated carbocycles. The van der Waals surface area contributed by atoms with Gasteiger partial charge in [0.25, 0.3) is 0 Å². The van der Waals surface area contributed by atoms with Crippen LogP contribution < -0.4 is 5.32 Å². The Kier molecular flexibility index (Phi) is 2.97. The van der Waals surface area contributed by atoms with Crippen LogP contribution in [0.1, 0.15) is 11.4 Å². The number of benzene rings is 1. The lowest BCUT2D eigenvalue weighted by Gasteiger charge is -1.97. The van der Waals surface area contributed by atoms with Crippen molar-refractivity contribution in [1.29, 1.82) is 0 Å². The van der Waals surface area contributed by atoms with Gasteiger partial charge in [-0.2, -0.15) is 4.98 Å². The molecule has 0 aliphatic carbocycles. The number of aryl methyl sites for hydroxylation is 2. The molecule has 2 aromatic rings. The van der Waals surface area contributed by atoms with Crippen LogP contribution in [0.5, 0.6) is 0 Å². The zero-order valence-corrected chi connectivity index (χ0v) is 8.70. The van der Waals surface area contributed by atoms with Gasteiger partial charge in [-0.05, 0) is 12.0 Å². The first kappa shape index (κ1) is 9.71. The first-order valence-corrected chi connectivity index (χ1v) is 5.01. The lowest BCUT2D eigenvalue weighted by atomic mass is 10.1. The van der Waals surface area contributed by atoms with Gasteiger partial charge in [0.05, 0.1) is 0 Å². The number of aromatic amines is 1. The highest BCUT2D eigenvalue weighted by Crippen LogP contribution is 2.04. The van der Waals surface area contributed by atoms with E-state index in [1.807, 2.05) is 13.1 Å². The average molecular weight is 202 g/mol. The third-order valence-electron chi connectivity index (χ3n) is 2.25. The minimum absolute atomic E-state index is 0.651. The molecular formula is C11H14N4. The van der Waals surface area contributed by atoms with Crippen LogP contribution in [-0.4, -0.2) is 22.2 Å². The summed E-state index contributed by atoms with van der Waals surface area (Å²) in [5.74, 6) is 1.57. The molecule has 0 fully saturated rings. The molecule has 0 radical (unpaired) electrons. The van der Waals surface area contributed by atoms with E-state index < -0.39 is 0 Å². The van der Waals surface area contributed by atoms with E-state index in [1.165, 1.54) is 5.56 Å². The summed E-state index contributed by atoms with van der Waals surface area (Å²) in [5, 5.41) is 9.80. The number of nitrogens with zero attached hydrogens (tertiary/aromatic N) is 2. The number of hydrogen-bond acceptors (Lipinski definition) is 3. The summed E-state index contributed by atoms with van der Waals surface area (Å²) >= 11 is 0. The zero-order valence-electron chi connectivity index (χ0n) is 8.70. The lowest BCUT2D eigenvalue weighted by molar-refractivity contribution is 0.865. The Balaban J connectivity index is 1.93. The van der Waals surface area contributed by atoms with Crippen molar-refractivity contribution < 1.29 is 0 Å². The molecule has 0 atom stereocenters. The molecule has 0 unspecified atom stereocenters. The summed E-state index contributed by atoms with van der Waals surface area (Å²) in [6.45, 7) is 0. The van der Waals surface area contributed by atoms with Gasteiger partial charge < -0.3 is 5.32 Å².